The Morgan fingerprint density at radius 2 is 1.71 bits per heavy atom. The molecule has 0 bridgehead atoms. The summed E-state index contributed by atoms with van der Waals surface area (Å²) in [6.45, 7) is 7.37. The average molecular weight is 382 g/mol. The minimum atomic E-state index is -0.399. The SMILES string of the molecule is CC[N+](CC)(CC(=O)c1ccc(O)c(O)c1)c1ccc2c(C)cc(=O)oc2c1. The monoisotopic (exact) mass is 382 g/mol. The Morgan fingerprint density at radius 1 is 1.00 bits per heavy atom. The topological polar surface area (TPSA) is 87.7 Å². The highest BCUT2D eigenvalue weighted by Crippen LogP contribution is 2.30. The van der Waals surface area contributed by atoms with Crippen LogP contribution >= 0.6 is 0 Å². The van der Waals surface area contributed by atoms with Crippen molar-refractivity contribution in [1.29, 1.82) is 0 Å². The molecule has 3 rings (SSSR count). The molecule has 0 radical (unpaired) electrons. The second-order valence-corrected chi connectivity index (χ2v) is 6.99. The minimum absolute atomic E-state index is 0.148. The number of Topliss-reactive ketones (excluding diaryl/α,β-unsaturated/α-hetero) is 1. The molecular weight excluding hydrogens is 358 g/mol. The van der Waals surface area contributed by atoms with Crippen LogP contribution in [0.5, 0.6) is 11.5 Å². The number of aryl methyl sites for hydroxylation is 1. The highest BCUT2D eigenvalue weighted by atomic mass is 16.4. The van der Waals surface area contributed by atoms with Crippen LogP contribution < -0.4 is 10.1 Å². The van der Waals surface area contributed by atoms with Gasteiger partial charge >= 0.3 is 5.63 Å². The summed E-state index contributed by atoms with van der Waals surface area (Å²) in [4.78, 5) is 24.7. The van der Waals surface area contributed by atoms with E-state index in [2.05, 4.69) is 0 Å². The van der Waals surface area contributed by atoms with Gasteiger partial charge in [-0.1, -0.05) is 0 Å². The predicted octanol–water partition coefficient (Wildman–Crippen LogP) is 3.74. The van der Waals surface area contributed by atoms with Crippen molar-refractivity contribution >= 4 is 22.4 Å². The van der Waals surface area contributed by atoms with Crippen LogP contribution in [0.25, 0.3) is 11.0 Å². The number of nitrogens with zero attached hydrogens (tertiary/aromatic N) is 1. The quantitative estimate of drug-likeness (QED) is 0.293. The highest BCUT2D eigenvalue weighted by Gasteiger charge is 2.31. The minimum Gasteiger partial charge on any atom is -0.504 e. The van der Waals surface area contributed by atoms with Gasteiger partial charge in [0.05, 0.1) is 13.1 Å². The van der Waals surface area contributed by atoms with Crippen molar-refractivity contribution in [3.05, 3.63) is 64.0 Å². The number of quaternary nitrogens is 1. The zero-order chi connectivity index (χ0) is 20.5. The van der Waals surface area contributed by atoms with E-state index in [1.165, 1.54) is 24.3 Å². The van der Waals surface area contributed by atoms with Gasteiger partial charge in [-0.3, -0.25) is 9.28 Å². The number of phenolic OH excluding ortho intramolecular Hbond substituents is 2. The number of rotatable bonds is 6. The van der Waals surface area contributed by atoms with Crippen LogP contribution in [-0.2, 0) is 0 Å². The number of hydrogen-bond acceptors (Lipinski definition) is 5. The van der Waals surface area contributed by atoms with Crippen molar-refractivity contribution in [1.82, 2.24) is 4.48 Å². The molecule has 2 N–H and O–H groups in total. The van der Waals surface area contributed by atoms with E-state index in [-0.39, 0.29) is 23.8 Å². The fourth-order valence-electron chi connectivity index (χ4n) is 3.58. The van der Waals surface area contributed by atoms with E-state index in [4.69, 9.17) is 4.42 Å². The smallest absolute Gasteiger partial charge is 0.336 e. The van der Waals surface area contributed by atoms with Gasteiger partial charge in [0, 0.05) is 29.1 Å². The van der Waals surface area contributed by atoms with Crippen molar-refractivity contribution in [2.24, 2.45) is 0 Å². The number of carbonyl (C=O) groups excluding carboxylic acids is 1. The maximum absolute atomic E-state index is 12.9. The third-order valence-electron chi connectivity index (χ3n) is 5.44. The molecule has 0 saturated heterocycles. The molecule has 3 aromatic rings. The molecular formula is C22H24NO5+. The van der Waals surface area contributed by atoms with Crippen molar-refractivity contribution in [2.75, 3.05) is 19.6 Å². The van der Waals surface area contributed by atoms with E-state index in [0.29, 0.717) is 28.7 Å². The second kappa shape index (κ2) is 7.48. The molecule has 1 heterocycles. The van der Waals surface area contributed by atoms with Gasteiger partial charge in [0.1, 0.15) is 17.8 Å². The molecule has 0 spiro atoms. The summed E-state index contributed by atoms with van der Waals surface area (Å²) in [5, 5.41) is 20.0. The first-order chi connectivity index (χ1) is 13.3. The summed E-state index contributed by atoms with van der Waals surface area (Å²) >= 11 is 0. The lowest BCUT2D eigenvalue weighted by Crippen LogP contribution is -2.52. The van der Waals surface area contributed by atoms with E-state index in [1.807, 2.05) is 39.0 Å². The zero-order valence-electron chi connectivity index (χ0n) is 16.2. The predicted molar refractivity (Wildman–Crippen MR) is 109 cm³/mol. The molecule has 0 unspecified atom stereocenters. The fourth-order valence-corrected chi connectivity index (χ4v) is 3.58. The summed E-state index contributed by atoms with van der Waals surface area (Å²) in [5.74, 6) is -0.729. The molecule has 28 heavy (non-hydrogen) atoms. The van der Waals surface area contributed by atoms with Crippen molar-refractivity contribution in [3.8, 4) is 11.5 Å². The molecule has 0 aliphatic carbocycles. The first-order valence-corrected chi connectivity index (χ1v) is 9.26. The molecule has 0 amide bonds. The lowest BCUT2D eigenvalue weighted by atomic mass is 10.1. The number of ketones is 1. The van der Waals surface area contributed by atoms with Crippen LogP contribution in [0.3, 0.4) is 0 Å². The molecule has 0 aliphatic rings. The molecule has 6 nitrogen and oxygen atoms in total. The number of hydrogen-bond donors (Lipinski definition) is 2. The maximum Gasteiger partial charge on any atom is 0.336 e. The number of fused-ring (bicyclic) bond motifs is 1. The van der Waals surface area contributed by atoms with Crippen molar-refractivity contribution < 1.29 is 19.4 Å². The number of benzene rings is 2. The van der Waals surface area contributed by atoms with Gasteiger partial charge in [0.25, 0.3) is 0 Å². The van der Waals surface area contributed by atoms with Gasteiger partial charge in [-0.05, 0) is 50.6 Å². The molecule has 2 aromatic carbocycles. The molecule has 0 atom stereocenters. The van der Waals surface area contributed by atoms with Crippen LogP contribution in [0.2, 0.25) is 0 Å². The van der Waals surface area contributed by atoms with Gasteiger partial charge in [0.15, 0.2) is 11.5 Å². The van der Waals surface area contributed by atoms with Crippen LogP contribution in [0.15, 0.2) is 51.7 Å². The summed E-state index contributed by atoms with van der Waals surface area (Å²) in [6, 6.07) is 11.3. The normalized spacial score (nSPS) is 11.7. The standard InChI is InChI=1S/C22H23NO5/c1-4-23(5-2,13-20(26)15-6-9-18(24)19(25)11-15)16-7-8-17-14(3)10-22(27)28-21(17)12-16/h6-12H,4-5,13H2,1-3H3,(H-,24,25,26)/p+1. The Morgan fingerprint density at radius 3 is 2.36 bits per heavy atom. The van der Waals surface area contributed by atoms with Gasteiger partial charge in [-0.15, -0.1) is 0 Å². The molecule has 146 valence electrons. The number of likely N-dealkylation sites (N-methyl/N-ethyl adjacent to an activating group) is 1. The highest BCUT2D eigenvalue weighted by molar-refractivity contribution is 5.99. The van der Waals surface area contributed by atoms with Crippen LogP contribution in [0, 0.1) is 6.92 Å². The van der Waals surface area contributed by atoms with E-state index >= 15 is 0 Å². The maximum atomic E-state index is 12.9. The van der Waals surface area contributed by atoms with Gasteiger partial charge < -0.3 is 14.6 Å². The first kappa shape index (κ1) is 19.6. The summed E-state index contributed by atoms with van der Waals surface area (Å²) in [7, 11) is 0. The van der Waals surface area contributed by atoms with Crippen molar-refractivity contribution in [3.63, 3.8) is 0 Å². The molecule has 0 aliphatic heterocycles. The zero-order valence-corrected chi connectivity index (χ0v) is 16.2. The van der Waals surface area contributed by atoms with E-state index < -0.39 is 5.63 Å². The first-order valence-electron chi connectivity index (χ1n) is 9.26. The van der Waals surface area contributed by atoms with Gasteiger partial charge in [0.2, 0.25) is 5.78 Å². The Bertz CT molecular complexity index is 1100. The van der Waals surface area contributed by atoms with Gasteiger partial charge in [-0.25, -0.2) is 4.79 Å². The Kier molecular flexibility index (Phi) is 5.25. The lowest BCUT2D eigenvalue weighted by molar-refractivity contribution is 0.0939. The second-order valence-electron chi connectivity index (χ2n) is 6.99. The molecule has 6 heteroatoms. The summed E-state index contributed by atoms with van der Waals surface area (Å²) < 4.78 is 5.74. The van der Waals surface area contributed by atoms with E-state index in [1.54, 1.807) is 0 Å². The Hall–Kier alpha value is -3.12. The van der Waals surface area contributed by atoms with E-state index in [0.717, 1.165) is 16.6 Å². The summed E-state index contributed by atoms with van der Waals surface area (Å²) in [6.07, 6.45) is 0. The fraction of sp³-hybridized carbons (Fsp3) is 0.273. The van der Waals surface area contributed by atoms with Crippen LogP contribution in [0.1, 0.15) is 29.8 Å². The van der Waals surface area contributed by atoms with Crippen LogP contribution in [-0.4, -0.2) is 35.6 Å². The lowest BCUT2D eigenvalue weighted by Gasteiger charge is -2.35. The third-order valence-corrected chi connectivity index (χ3v) is 5.44. The van der Waals surface area contributed by atoms with Crippen LogP contribution in [0.4, 0.5) is 5.69 Å². The Labute approximate surface area is 162 Å². The van der Waals surface area contributed by atoms with Gasteiger partial charge in [-0.2, -0.15) is 0 Å². The molecule has 1 aromatic heterocycles. The number of phenols is 2. The summed E-state index contributed by atoms with van der Waals surface area (Å²) in [5.41, 5.74) is 2.16. The Balaban J connectivity index is 2.03. The number of aromatic hydroxyl groups is 2. The third kappa shape index (κ3) is 3.51. The number of carbonyl (C=O) groups is 1. The van der Waals surface area contributed by atoms with E-state index in [9.17, 15) is 19.8 Å². The van der Waals surface area contributed by atoms with Crippen molar-refractivity contribution in [2.45, 2.75) is 20.8 Å². The average Bonchev–Trinajstić information content (AvgIpc) is 2.67. The molecule has 0 saturated carbocycles. The largest absolute Gasteiger partial charge is 0.504 e. The molecule has 0 fully saturated rings.